The number of hydrogen-bond acceptors (Lipinski definition) is 8. The topological polar surface area (TPSA) is 73.8 Å². The van der Waals surface area contributed by atoms with Crippen molar-refractivity contribution in [2.45, 2.75) is 51.6 Å². The van der Waals surface area contributed by atoms with Crippen LogP contribution in [0.15, 0.2) is 0 Å². The molecular weight excluding hydrogens is 460 g/mol. The highest BCUT2D eigenvalue weighted by Gasteiger charge is 2.27. The predicted octanol–water partition coefficient (Wildman–Crippen LogP) is 3.61. The number of methoxy groups -OCH3 is 1. The molecule has 0 radical (unpaired) electrons. The van der Waals surface area contributed by atoms with Gasteiger partial charge in [0.15, 0.2) is 8.32 Å². The molecule has 0 fully saturated rings. The van der Waals surface area contributed by atoms with E-state index in [2.05, 4.69) is 33.1 Å². The van der Waals surface area contributed by atoms with Crippen LogP contribution in [0, 0.1) is 0 Å². The molecule has 8 nitrogen and oxygen atoms in total. The lowest BCUT2D eigenvalue weighted by Crippen LogP contribution is -2.41. The van der Waals surface area contributed by atoms with E-state index in [1.807, 2.05) is 0 Å². The monoisotopic (exact) mass is 512 g/mol. The Morgan fingerprint density at radius 3 is 1.21 bits per heavy atom. The van der Waals surface area contributed by atoms with Crippen LogP contribution < -0.4 is 0 Å². The average molecular weight is 513 g/mol. The number of rotatable bonds is 26. The standard InChI is InChI=1S/C23H52O8Si2/c1-7-21-33(5,6)31-23-32(3,4)22-20-30-19-18-29-17-16-28-15-14-27-13-12-26-11-10-25-9-8-24-2/h7-23H2,1-6H3. The van der Waals surface area contributed by atoms with Crippen LogP contribution in [-0.2, 0) is 37.6 Å². The first kappa shape index (κ1) is 33.1. The first-order valence-electron chi connectivity index (χ1n) is 12.4. The van der Waals surface area contributed by atoms with Crippen molar-refractivity contribution < 1.29 is 37.6 Å². The minimum Gasteiger partial charge on any atom is -0.421 e. The Hall–Kier alpha value is 0.114. The fraction of sp³-hybridized carbons (Fsp3) is 1.00. The summed E-state index contributed by atoms with van der Waals surface area (Å²) in [5, 5.41) is 0. The molecule has 0 amide bonds. The minimum absolute atomic E-state index is 0.554. The SMILES string of the molecule is CCC[Si](C)(C)OC[Si](C)(C)CCOCCOCCOCCOCCOCCOCCOC. The van der Waals surface area contributed by atoms with Crippen LogP contribution in [0.25, 0.3) is 0 Å². The molecule has 0 aliphatic heterocycles. The van der Waals surface area contributed by atoms with Gasteiger partial charge in [0.05, 0.1) is 87.4 Å². The second kappa shape index (κ2) is 22.6. The molecule has 0 aliphatic rings. The maximum absolute atomic E-state index is 6.31. The van der Waals surface area contributed by atoms with Gasteiger partial charge in [-0.1, -0.05) is 26.4 Å². The molecule has 0 atom stereocenters. The summed E-state index contributed by atoms with van der Waals surface area (Å²) in [7, 11) is -1.17. The molecule has 0 rings (SSSR count). The summed E-state index contributed by atoms with van der Waals surface area (Å²) in [6.45, 7) is 19.4. The first-order valence-corrected chi connectivity index (χ1v) is 19.0. The fourth-order valence-electron chi connectivity index (χ4n) is 2.83. The fourth-order valence-corrected chi connectivity index (χ4v) is 8.15. The Morgan fingerprint density at radius 2 is 0.848 bits per heavy atom. The predicted molar refractivity (Wildman–Crippen MR) is 138 cm³/mol. The molecule has 0 heterocycles. The van der Waals surface area contributed by atoms with Gasteiger partial charge in [0, 0.05) is 19.9 Å². The molecule has 0 aliphatic carbocycles. The maximum Gasteiger partial charge on any atom is 0.186 e. The van der Waals surface area contributed by atoms with Crippen LogP contribution in [0.3, 0.4) is 0 Å². The van der Waals surface area contributed by atoms with Gasteiger partial charge >= 0.3 is 0 Å². The van der Waals surface area contributed by atoms with Crippen molar-refractivity contribution >= 4 is 16.4 Å². The molecule has 0 bridgehead atoms. The molecule has 0 spiro atoms. The second-order valence-corrected chi connectivity index (χ2v) is 18.8. The zero-order valence-electron chi connectivity index (χ0n) is 22.3. The molecule has 0 saturated carbocycles. The van der Waals surface area contributed by atoms with E-state index in [4.69, 9.17) is 37.6 Å². The molecule has 10 heteroatoms. The van der Waals surface area contributed by atoms with Crippen LogP contribution >= 0.6 is 0 Å². The van der Waals surface area contributed by atoms with Crippen LogP contribution in [0.2, 0.25) is 38.3 Å². The van der Waals surface area contributed by atoms with E-state index in [-0.39, 0.29) is 0 Å². The smallest absolute Gasteiger partial charge is 0.186 e. The Bertz CT molecular complexity index is 414. The summed E-state index contributed by atoms with van der Waals surface area (Å²) in [6.07, 6.45) is 2.16. The van der Waals surface area contributed by atoms with Crippen molar-refractivity contribution in [2.24, 2.45) is 0 Å². The third kappa shape index (κ3) is 25.0. The van der Waals surface area contributed by atoms with Crippen molar-refractivity contribution in [2.75, 3.05) is 99.2 Å². The van der Waals surface area contributed by atoms with Gasteiger partial charge in [-0.3, -0.25) is 0 Å². The van der Waals surface area contributed by atoms with Crippen LogP contribution in [0.1, 0.15) is 13.3 Å². The van der Waals surface area contributed by atoms with Crippen molar-refractivity contribution in [1.82, 2.24) is 0 Å². The van der Waals surface area contributed by atoms with Crippen molar-refractivity contribution in [3.63, 3.8) is 0 Å². The van der Waals surface area contributed by atoms with Crippen LogP contribution in [0.5, 0.6) is 0 Å². The van der Waals surface area contributed by atoms with Crippen LogP contribution in [-0.4, -0.2) is 116 Å². The van der Waals surface area contributed by atoms with E-state index in [0.29, 0.717) is 79.3 Å². The molecule has 200 valence electrons. The van der Waals surface area contributed by atoms with Crippen molar-refractivity contribution in [3.05, 3.63) is 0 Å². The van der Waals surface area contributed by atoms with Gasteiger partial charge in [-0.15, -0.1) is 0 Å². The van der Waals surface area contributed by atoms with Gasteiger partial charge in [0.2, 0.25) is 0 Å². The number of hydrogen-bond donors (Lipinski definition) is 0. The normalized spacial score (nSPS) is 12.5. The summed E-state index contributed by atoms with van der Waals surface area (Å²) in [5.41, 5.74) is 0. The highest BCUT2D eigenvalue weighted by Crippen LogP contribution is 2.18. The zero-order chi connectivity index (χ0) is 24.7. The molecule has 0 N–H and O–H groups in total. The van der Waals surface area contributed by atoms with E-state index < -0.39 is 16.4 Å². The molecule has 0 saturated heterocycles. The lowest BCUT2D eigenvalue weighted by molar-refractivity contribution is -0.0187. The summed E-state index contributed by atoms with van der Waals surface area (Å²) < 4.78 is 44.2. The average Bonchev–Trinajstić information content (AvgIpc) is 2.76. The van der Waals surface area contributed by atoms with Gasteiger partial charge < -0.3 is 37.6 Å². The molecule has 0 unspecified atom stereocenters. The molecular formula is C23H52O8Si2. The van der Waals surface area contributed by atoms with Gasteiger partial charge in [-0.05, 0) is 25.2 Å². The summed E-state index contributed by atoms with van der Waals surface area (Å²) in [5.74, 6) is 0. The van der Waals surface area contributed by atoms with E-state index in [0.717, 1.165) is 18.9 Å². The zero-order valence-corrected chi connectivity index (χ0v) is 24.3. The largest absolute Gasteiger partial charge is 0.421 e. The Balaban J connectivity index is 3.31. The van der Waals surface area contributed by atoms with Gasteiger partial charge in [0.25, 0.3) is 0 Å². The third-order valence-corrected chi connectivity index (χ3v) is 10.3. The Labute approximate surface area is 205 Å². The highest BCUT2D eigenvalue weighted by molar-refractivity contribution is 6.79. The minimum atomic E-state index is -1.47. The Kier molecular flexibility index (Phi) is 22.6. The molecule has 0 aromatic carbocycles. The molecule has 0 aromatic heterocycles. The van der Waals surface area contributed by atoms with Crippen molar-refractivity contribution in [1.29, 1.82) is 0 Å². The lowest BCUT2D eigenvalue weighted by Gasteiger charge is -2.29. The summed E-state index contributed by atoms with van der Waals surface area (Å²) >= 11 is 0. The highest BCUT2D eigenvalue weighted by atomic mass is 28.4. The molecule has 0 aromatic rings. The van der Waals surface area contributed by atoms with Crippen molar-refractivity contribution in [3.8, 4) is 0 Å². The Morgan fingerprint density at radius 1 is 0.485 bits per heavy atom. The van der Waals surface area contributed by atoms with Gasteiger partial charge in [0.1, 0.15) is 0 Å². The lowest BCUT2D eigenvalue weighted by atomic mass is 10.6. The third-order valence-electron chi connectivity index (χ3n) is 4.92. The maximum atomic E-state index is 6.31. The van der Waals surface area contributed by atoms with Gasteiger partial charge in [-0.2, -0.15) is 0 Å². The van der Waals surface area contributed by atoms with E-state index >= 15 is 0 Å². The van der Waals surface area contributed by atoms with E-state index in [1.54, 1.807) is 7.11 Å². The van der Waals surface area contributed by atoms with E-state index in [1.165, 1.54) is 12.5 Å². The second-order valence-electron chi connectivity index (χ2n) is 9.38. The molecule has 33 heavy (non-hydrogen) atoms. The quantitative estimate of drug-likeness (QED) is 0.129. The van der Waals surface area contributed by atoms with Gasteiger partial charge in [-0.25, -0.2) is 0 Å². The van der Waals surface area contributed by atoms with Crippen LogP contribution in [0.4, 0.5) is 0 Å². The number of ether oxygens (including phenoxy) is 7. The first-order chi connectivity index (χ1) is 15.8. The van der Waals surface area contributed by atoms with E-state index in [9.17, 15) is 0 Å². The summed E-state index contributed by atoms with van der Waals surface area (Å²) in [6, 6.07) is 2.36. The summed E-state index contributed by atoms with van der Waals surface area (Å²) in [4.78, 5) is 0.